The second-order valence-corrected chi connectivity index (χ2v) is 7.57. The van der Waals surface area contributed by atoms with Gasteiger partial charge >= 0.3 is 0 Å². The normalized spacial score (nSPS) is 20.5. The summed E-state index contributed by atoms with van der Waals surface area (Å²) in [4.78, 5) is 28.3. The Morgan fingerprint density at radius 3 is 2.77 bits per heavy atom. The number of aryl methyl sites for hydroxylation is 1. The fraction of sp³-hybridized carbons (Fsp3) is 0.444. The number of nitrogens with zero attached hydrogens (tertiary/aromatic N) is 3. The Bertz CT molecular complexity index is 861. The number of nitrogens with one attached hydrogen (secondary N) is 2. The van der Waals surface area contributed by atoms with Crippen molar-refractivity contribution < 1.29 is 9.59 Å². The summed E-state index contributed by atoms with van der Waals surface area (Å²) in [5.41, 5.74) is 1.54. The van der Waals surface area contributed by atoms with Crippen LogP contribution in [0.4, 0.5) is 5.82 Å². The Kier molecular flexibility index (Phi) is 4.75. The molecule has 2 N–H and O–H groups in total. The first-order valence-corrected chi connectivity index (χ1v) is 8.78. The van der Waals surface area contributed by atoms with Gasteiger partial charge in [0.1, 0.15) is 6.54 Å². The van der Waals surface area contributed by atoms with Gasteiger partial charge in [0.2, 0.25) is 11.8 Å². The third kappa shape index (κ3) is 3.31. The summed E-state index contributed by atoms with van der Waals surface area (Å²) in [7, 11) is 1.57. The number of carbonyl (C=O) groups is 2. The second kappa shape index (κ2) is 6.72. The molecular weight excluding hydrogens is 354 g/mol. The lowest BCUT2D eigenvalue weighted by molar-refractivity contribution is -0.121. The van der Waals surface area contributed by atoms with E-state index >= 15 is 0 Å². The molecule has 0 aliphatic heterocycles. The highest BCUT2D eigenvalue weighted by atomic mass is 35.5. The molecule has 0 saturated heterocycles. The highest BCUT2D eigenvalue weighted by Crippen LogP contribution is 2.65. The number of pyridine rings is 1. The third-order valence-electron chi connectivity index (χ3n) is 5.05. The number of hydrogen-bond acceptors (Lipinski definition) is 4. The van der Waals surface area contributed by atoms with E-state index in [1.165, 1.54) is 0 Å². The Labute approximate surface area is 157 Å². The quantitative estimate of drug-likeness (QED) is 0.839. The van der Waals surface area contributed by atoms with Crippen molar-refractivity contribution in [3.05, 3.63) is 40.8 Å². The zero-order valence-electron chi connectivity index (χ0n) is 15.2. The molecule has 2 atom stereocenters. The van der Waals surface area contributed by atoms with Crippen LogP contribution in [0.5, 0.6) is 0 Å². The molecule has 3 rings (SSSR count). The van der Waals surface area contributed by atoms with Gasteiger partial charge in [0, 0.05) is 37.1 Å². The largest absolute Gasteiger partial charge is 0.358 e. The van der Waals surface area contributed by atoms with Crippen LogP contribution in [0.25, 0.3) is 0 Å². The highest BCUT2D eigenvalue weighted by molar-refractivity contribution is 6.31. The van der Waals surface area contributed by atoms with E-state index in [0.717, 1.165) is 11.3 Å². The summed E-state index contributed by atoms with van der Waals surface area (Å²) in [6.07, 6.45) is 3.29. The molecule has 8 heteroatoms. The van der Waals surface area contributed by atoms with Crippen molar-refractivity contribution in [2.45, 2.75) is 33.2 Å². The van der Waals surface area contributed by atoms with E-state index in [2.05, 4.69) is 20.7 Å². The lowest BCUT2D eigenvalue weighted by Crippen LogP contribution is -2.24. The summed E-state index contributed by atoms with van der Waals surface area (Å²) >= 11 is 6.26. The minimum Gasteiger partial charge on any atom is -0.358 e. The predicted molar refractivity (Wildman–Crippen MR) is 98.9 cm³/mol. The van der Waals surface area contributed by atoms with E-state index < -0.39 is 0 Å². The van der Waals surface area contributed by atoms with Crippen molar-refractivity contribution >= 4 is 29.2 Å². The van der Waals surface area contributed by atoms with Crippen molar-refractivity contribution in [1.82, 2.24) is 20.1 Å². The zero-order valence-corrected chi connectivity index (χ0v) is 16.0. The van der Waals surface area contributed by atoms with Crippen molar-refractivity contribution in [1.29, 1.82) is 0 Å². The average molecular weight is 376 g/mol. The van der Waals surface area contributed by atoms with Gasteiger partial charge in [-0.1, -0.05) is 25.4 Å². The lowest BCUT2D eigenvalue weighted by Gasteiger charge is -2.04. The molecule has 0 radical (unpaired) electrons. The van der Waals surface area contributed by atoms with E-state index in [4.69, 9.17) is 11.6 Å². The summed E-state index contributed by atoms with van der Waals surface area (Å²) < 4.78 is 1.56. The maximum atomic E-state index is 12.8. The minimum absolute atomic E-state index is 0.0343. The van der Waals surface area contributed by atoms with E-state index in [0.29, 0.717) is 10.8 Å². The fourth-order valence-electron chi connectivity index (χ4n) is 3.50. The summed E-state index contributed by atoms with van der Waals surface area (Å²) in [6.45, 7) is 6.05. The molecule has 7 nitrogen and oxygen atoms in total. The lowest BCUT2D eigenvalue weighted by atomic mass is 10.0. The first-order chi connectivity index (χ1) is 12.3. The number of anilines is 1. The van der Waals surface area contributed by atoms with Crippen LogP contribution in [0.2, 0.25) is 5.02 Å². The Morgan fingerprint density at radius 2 is 2.12 bits per heavy atom. The Morgan fingerprint density at radius 1 is 1.38 bits per heavy atom. The van der Waals surface area contributed by atoms with Crippen LogP contribution in [-0.2, 0) is 16.1 Å². The van der Waals surface area contributed by atoms with Gasteiger partial charge in [0.25, 0.3) is 0 Å². The topological polar surface area (TPSA) is 88.9 Å². The van der Waals surface area contributed by atoms with Gasteiger partial charge in [-0.25, -0.2) is 0 Å². The molecule has 2 heterocycles. The molecule has 1 aliphatic rings. The van der Waals surface area contributed by atoms with E-state index in [9.17, 15) is 9.59 Å². The van der Waals surface area contributed by atoms with Crippen LogP contribution < -0.4 is 10.6 Å². The monoisotopic (exact) mass is 375 g/mol. The van der Waals surface area contributed by atoms with Crippen LogP contribution in [0, 0.1) is 18.3 Å². The Balaban J connectivity index is 1.74. The predicted octanol–water partition coefficient (Wildman–Crippen LogP) is 2.36. The number of likely N-dealkylation sites (N-methyl/N-ethyl adjacent to an activating group) is 1. The molecule has 26 heavy (non-hydrogen) atoms. The molecule has 0 unspecified atom stereocenters. The van der Waals surface area contributed by atoms with Crippen LogP contribution in [0.15, 0.2) is 24.5 Å². The first-order valence-electron chi connectivity index (χ1n) is 8.41. The second-order valence-electron chi connectivity index (χ2n) is 7.16. The van der Waals surface area contributed by atoms with Gasteiger partial charge in [-0.15, -0.1) is 0 Å². The van der Waals surface area contributed by atoms with Crippen LogP contribution in [-0.4, -0.2) is 33.6 Å². The summed E-state index contributed by atoms with van der Waals surface area (Å²) in [5, 5.41) is 10.3. The molecule has 2 aromatic rings. The highest BCUT2D eigenvalue weighted by Gasteiger charge is 2.62. The smallest absolute Gasteiger partial charge is 0.241 e. The zero-order chi connectivity index (χ0) is 19.1. The van der Waals surface area contributed by atoms with Crippen molar-refractivity contribution in [3.63, 3.8) is 0 Å². The van der Waals surface area contributed by atoms with Crippen LogP contribution >= 0.6 is 11.6 Å². The maximum absolute atomic E-state index is 12.8. The molecule has 1 fully saturated rings. The van der Waals surface area contributed by atoms with Crippen molar-refractivity contribution in [3.8, 4) is 0 Å². The first kappa shape index (κ1) is 18.4. The molecule has 1 aliphatic carbocycles. The van der Waals surface area contributed by atoms with Crippen molar-refractivity contribution in [2.24, 2.45) is 11.3 Å². The van der Waals surface area contributed by atoms with Gasteiger partial charge in [0.15, 0.2) is 5.82 Å². The van der Waals surface area contributed by atoms with Gasteiger partial charge in [-0.3, -0.25) is 19.3 Å². The van der Waals surface area contributed by atoms with Gasteiger partial charge in [0.05, 0.1) is 10.9 Å². The van der Waals surface area contributed by atoms with Crippen molar-refractivity contribution in [2.75, 3.05) is 12.4 Å². The molecule has 0 aromatic carbocycles. The molecule has 2 amide bonds. The number of hydrogen-bond donors (Lipinski definition) is 2. The average Bonchev–Trinajstić information content (AvgIpc) is 2.99. The summed E-state index contributed by atoms with van der Waals surface area (Å²) in [6, 6.07) is 3.62. The molecule has 138 valence electrons. The van der Waals surface area contributed by atoms with Crippen LogP contribution in [0.3, 0.4) is 0 Å². The Hall–Kier alpha value is -2.41. The minimum atomic E-state index is -0.202. The van der Waals surface area contributed by atoms with E-state index in [1.807, 2.05) is 26.8 Å². The van der Waals surface area contributed by atoms with Gasteiger partial charge in [-0.2, -0.15) is 5.10 Å². The SMILES string of the molecule is CNC(=O)Cn1nc(NC(=O)[C@@H]2[C@@H](c3ccncc3Cl)C2(C)C)cc1C. The molecule has 0 spiro atoms. The molecule has 2 aromatic heterocycles. The number of aromatic nitrogens is 3. The maximum Gasteiger partial charge on any atom is 0.241 e. The van der Waals surface area contributed by atoms with E-state index in [-0.39, 0.29) is 35.6 Å². The number of carbonyl (C=O) groups excluding carboxylic acids is 2. The fourth-order valence-corrected chi connectivity index (χ4v) is 3.73. The van der Waals surface area contributed by atoms with Gasteiger partial charge < -0.3 is 10.6 Å². The standard InChI is InChI=1S/C18H22ClN5O2/c1-10-7-13(23-24(10)9-14(25)20-4)22-17(26)16-15(18(16,2)3)11-5-6-21-8-12(11)19/h5-8,15-16H,9H2,1-4H3,(H,20,25)(H,22,23,26)/t15-,16+/m1/s1. The number of rotatable bonds is 5. The summed E-state index contributed by atoms with van der Waals surface area (Å²) in [5.74, 6) is 0.0276. The molecular formula is C18H22ClN5O2. The molecule has 0 bridgehead atoms. The third-order valence-corrected chi connectivity index (χ3v) is 5.37. The van der Waals surface area contributed by atoms with Crippen LogP contribution in [0.1, 0.15) is 31.0 Å². The number of amides is 2. The van der Waals surface area contributed by atoms with Gasteiger partial charge in [-0.05, 0) is 24.0 Å². The van der Waals surface area contributed by atoms with E-state index in [1.54, 1.807) is 30.2 Å². The molecule has 1 saturated carbocycles. The number of halogens is 1.